The molecule has 138 valence electrons. The van der Waals surface area contributed by atoms with E-state index in [1.54, 1.807) is 0 Å². The van der Waals surface area contributed by atoms with Gasteiger partial charge in [-0.25, -0.2) is 0 Å². The van der Waals surface area contributed by atoms with Crippen molar-refractivity contribution >= 4 is 5.78 Å². The second-order valence-electron chi connectivity index (χ2n) is 8.51. The topological polar surface area (TPSA) is 65.2 Å². The van der Waals surface area contributed by atoms with Crippen LogP contribution in [0.4, 0.5) is 0 Å². The molecule has 5 heteroatoms. The number of hydrogen-bond donors (Lipinski definition) is 0. The molecule has 0 saturated carbocycles. The van der Waals surface area contributed by atoms with Gasteiger partial charge in [0.1, 0.15) is 0 Å². The van der Waals surface area contributed by atoms with Crippen LogP contribution < -0.4 is 0 Å². The Hall–Kier alpha value is -2.01. The predicted molar refractivity (Wildman–Crippen MR) is 98.2 cm³/mol. The molecular formula is C21H26N2O3. The molecule has 0 N–H and O–H groups in total. The third-order valence-corrected chi connectivity index (χ3v) is 5.47. The van der Waals surface area contributed by atoms with E-state index in [0.29, 0.717) is 12.3 Å². The average Bonchev–Trinajstić information content (AvgIpc) is 3.23. The number of ketones is 1. The zero-order valence-corrected chi connectivity index (χ0v) is 15.7. The number of rotatable bonds is 2. The summed E-state index contributed by atoms with van der Waals surface area (Å²) in [5, 5.41) is 4.25. The molecule has 2 aromatic rings. The first-order chi connectivity index (χ1) is 12.4. The Labute approximate surface area is 154 Å². The summed E-state index contributed by atoms with van der Waals surface area (Å²) in [6.07, 6.45) is 4.59. The molecule has 1 aliphatic carbocycles. The molecule has 1 aliphatic heterocycles. The lowest BCUT2D eigenvalue weighted by atomic mass is 9.81. The number of fused-ring (bicyclic) bond motifs is 1. The number of aromatic nitrogens is 2. The largest absolute Gasteiger partial charge is 0.377 e. The number of carbonyl (C=O) groups excluding carboxylic acids is 1. The molecule has 0 bridgehead atoms. The first kappa shape index (κ1) is 17.4. The molecular weight excluding hydrogens is 328 g/mol. The highest BCUT2D eigenvalue weighted by Crippen LogP contribution is 2.40. The monoisotopic (exact) mass is 354 g/mol. The summed E-state index contributed by atoms with van der Waals surface area (Å²) >= 11 is 0. The summed E-state index contributed by atoms with van der Waals surface area (Å²) in [5.74, 6) is 1.66. The highest BCUT2D eigenvalue weighted by Gasteiger charge is 2.40. The van der Waals surface area contributed by atoms with E-state index in [9.17, 15) is 4.79 Å². The highest BCUT2D eigenvalue weighted by molar-refractivity contribution is 5.98. The normalized spacial score (nSPS) is 23.7. The van der Waals surface area contributed by atoms with Crippen molar-refractivity contribution in [1.29, 1.82) is 0 Å². The lowest BCUT2D eigenvalue weighted by Crippen LogP contribution is -2.30. The molecule has 4 rings (SSSR count). The van der Waals surface area contributed by atoms with E-state index in [2.05, 4.69) is 30.9 Å². The van der Waals surface area contributed by atoms with Crippen molar-refractivity contribution in [2.75, 3.05) is 6.61 Å². The van der Waals surface area contributed by atoms with E-state index >= 15 is 0 Å². The molecule has 1 saturated heterocycles. The van der Waals surface area contributed by atoms with E-state index in [0.717, 1.165) is 54.8 Å². The Balaban J connectivity index is 1.63. The van der Waals surface area contributed by atoms with Gasteiger partial charge in [0, 0.05) is 24.2 Å². The zero-order chi connectivity index (χ0) is 18.3. The number of ether oxygens (including phenoxy) is 1. The first-order valence-electron chi connectivity index (χ1n) is 9.55. The lowest BCUT2D eigenvalue weighted by Gasteiger charge is -2.29. The predicted octanol–water partition coefficient (Wildman–Crippen LogP) is 4.56. The molecule has 0 unspecified atom stereocenters. The van der Waals surface area contributed by atoms with Gasteiger partial charge in [-0.2, -0.15) is 4.98 Å². The molecule has 1 fully saturated rings. The van der Waals surface area contributed by atoms with Crippen molar-refractivity contribution in [3.8, 4) is 11.5 Å². The van der Waals surface area contributed by atoms with Gasteiger partial charge in [-0.3, -0.25) is 4.79 Å². The van der Waals surface area contributed by atoms with E-state index in [1.165, 1.54) is 0 Å². The molecule has 0 amide bonds. The van der Waals surface area contributed by atoms with Gasteiger partial charge in [-0.05, 0) is 48.8 Å². The fourth-order valence-electron chi connectivity index (χ4n) is 4.15. The van der Waals surface area contributed by atoms with Gasteiger partial charge in [0.15, 0.2) is 11.6 Å². The minimum absolute atomic E-state index is 0.0341. The minimum Gasteiger partial charge on any atom is -0.377 e. The zero-order valence-electron chi connectivity index (χ0n) is 15.7. The maximum absolute atomic E-state index is 12.2. The second-order valence-corrected chi connectivity index (χ2v) is 8.51. The van der Waals surface area contributed by atoms with Crippen LogP contribution in [-0.4, -0.2) is 28.6 Å². The Bertz CT molecular complexity index is 819. The van der Waals surface area contributed by atoms with Gasteiger partial charge in [-0.15, -0.1) is 0 Å². The molecule has 2 aliphatic rings. The van der Waals surface area contributed by atoms with Crippen LogP contribution in [0.1, 0.15) is 74.1 Å². The van der Waals surface area contributed by atoms with Gasteiger partial charge in [0.2, 0.25) is 0 Å². The van der Waals surface area contributed by atoms with Crippen molar-refractivity contribution in [3.05, 3.63) is 35.2 Å². The van der Waals surface area contributed by atoms with Crippen molar-refractivity contribution in [2.24, 2.45) is 5.41 Å². The van der Waals surface area contributed by atoms with Crippen LogP contribution in [0.5, 0.6) is 0 Å². The summed E-state index contributed by atoms with van der Waals surface area (Å²) < 4.78 is 11.5. The van der Waals surface area contributed by atoms with Crippen molar-refractivity contribution in [1.82, 2.24) is 10.1 Å². The Morgan fingerprint density at radius 2 is 1.96 bits per heavy atom. The quantitative estimate of drug-likeness (QED) is 0.740. The first-order valence-corrected chi connectivity index (χ1v) is 9.55. The Morgan fingerprint density at radius 1 is 1.15 bits per heavy atom. The Kier molecular flexibility index (Phi) is 4.43. The van der Waals surface area contributed by atoms with E-state index in [-0.39, 0.29) is 23.2 Å². The van der Waals surface area contributed by atoms with Crippen LogP contribution in [0.15, 0.2) is 22.7 Å². The van der Waals surface area contributed by atoms with Gasteiger partial charge in [0.25, 0.3) is 5.89 Å². The fraction of sp³-hybridized carbons (Fsp3) is 0.571. The van der Waals surface area contributed by atoms with Crippen LogP contribution in [0, 0.1) is 5.41 Å². The number of hydrogen-bond acceptors (Lipinski definition) is 5. The number of benzene rings is 1. The van der Waals surface area contributed by atoms with Crippen LogP contribution >= 0.6 is 0 Å². The minimum atomic E-state index is 0.0341. The summed E-state index contributed by atoms with van der Waals surface area (Å²) in [6.45, 7) is 7.28. The van der Waals surface area contributed by atoms with Gasteiger partial charge >= 0.3 is 0 Å². The summed E-state index contributed by atoms with van der Waals surface area (Å²) in [4.78, 5) is 16.9. The highest BCUT2D eigenvalue weighted by atomic mass is 16.5. The molecule has 5 nitrogen and oxygen atoms in total. The van der Waals surface area contributed by atoms with Crippen molar-refractivity contribution in [2.45, 2.75) is 64.9 Å². The van der Waals surface area contributed by atoms with Crippen molar-refractivity contribution in [3.63, 3.8) is 0 Å². The Morgan fingerprint density at radius 3 is 2.77 bits per heavy atom. The SMILES string of the molecule is CC(C)(C)[C@@H]1OCC[C@H]1c1noc(-c2ccc3c(c2)CCCCC3=O)n1. The third-order valence-electron chi connectivity index (χ3n) is 5.47. The van der Waals surface area contributed by atoms with Gasteiger partial charge in [0.05, 0.1) is 12.0 Å². The number of carbonyl (C=O) groups is 1. The maximum atomic E-state index is 12.2. The van der Waals surface area contributed by atoms with Crippen LogP contribution in [0.2, 0.25) is 0 Å². The number of aryl methyl sites for hydroxylation is 1. The van der Waals surface area contributed by atoms with E-state index < -0.39 is 0 Å². The molecule has 0 radical (unpaired) electrons. The molecule has 2 heterocycles. The molecule has 0 spiro atoms. The smallest absolute Gasteiger partial charge is 0.257 e. The average molecular weight is 354 g/mol. The molecule has 2 atom stereocenters. The molecule has 1 aromatic heterocycles. The van der Waals surface area contributed by atoms with Gasteiger partial charge in [-0.1, -0.05) is 32.0 Å². The third kappa shape index (κ3) is 3.20. The van der Waals surface area contributed by atoms with Crippen LogP contribution in [0.3, 0.4) is 0 Å². The fourth-order valence-corrected chi connectivity index (χ4v) is 4.15. The van der Waals surface area contributed by atoms with Crippen LogP contribution in [-0.2, 0) is 11.2 Å². The van der Waals surface area contributed by atoms with Crippen molar-refractivity contribution < 1.29 is 14.1 Å². The lowest BCUT2D eigenvalue weighted by molar-refractivity contribution is 0.0193. The van der Waals surface area contributed by atoms with E-state index in [1.807, 2.05) is 18.2 Å². The number of nitrogens with zero attached hydrogens (tertiary/aromatic N) is 2. The summed E-state index contributed by atoms with van der Waals surface area (Å²) in [6, 6.07) is 5.88. The van der Waals surface area contributed by atoms with E-state index in [4.69, 9.17) is 9.26 Å². The summed E-state index contributed by atoms with van der Waals surface area (Å²) in [7, 11) is 0. The maximum Gasteiger partial charge on any atom is 0.257 e. The number of Topliss-reactive ketones (excluding diaryl/α,β-unsaturated/α-hetero) is 1. The summed E-state index contributed by atoms with van der Waals surface area (Å²) in [5.41, 5.74) is 2.87. The standard InChI is InChI=1S/C21H26N2O3/c1-21(2,3)18-16(10-11-25-18)19-22-20(26-23-19)14-8-9-15-13(12-14)6-4-5-7-17(15)24/h8-9,12,16,18H,4-7,10-11H2,1-3H3/t16-,18-/m1/s1. The molecule has 26 heavy (non-hydrogen) atoms. The second kappa shape index (κ2) is 6.62. The molecule has 1 aromatic carbocycles. The van der Waals surface area contributed by atoms with Gasteiger partial charge < -0.3 is 9.26 Å². The van der Waals surface area contributed by atoms with Crippen LogP contribution in [0.25, 0.3) is 11.5 Å².